The molecule has 174 valence electrons. The minimum atomic E-state index is -0.0288. The molecule has 1 aromatic heterocycles. The fourth-order valence-corrected chi connectivity index (χ4v) is 3.97. The molecule has 1 fully saturated rings. The van der Waals surface area contributed by atoms with E-state index in [1.165, 1.54) is 0 Å². The molecule has 1 saturated heterocycles. The molecule has 8 heteroatoms. The van der Waals surface area contributed by atoms with Gasteiger partial charge in [-0.2, -0.15) is 0 Å². The number of rotatable bonds is 9. The predicted octanol–water partition coefficient (Wildman–Crippen LogP) is 3.57. The molecule has 0 radical (unpaired) electrons. The average molecular weight is 469 g/mol. The molecule has 1 aliphatic heterocycles. The highest BCUT2D eigenvalue weighted by molar-refractivity contribution is 6.30. The van der Waals surface area contributed by atoms with Crippen LogP contribution in [0.1, 0.15) is 21.7 Å². The van der Waals surface area contributed by atoms with Crippen molar-refractivity contribution in [3.63, 3.8) is 0 Å². The van der Waals surface area contributed by atoms with Crippen LogP contribution in [-0.4, -0.2) is 71.8 Å². The zero-order chi connectivity index (χ0) is 23.0. The lowest BCUT2D eigenvalue weighted by atomic mass is 10.2. The third-order valence-electron chi connectivity index (χ3n) is 5.81. The second kappa shape index (κ2) is 11.3. The number of halogens is 1. The molecule has 7 nitrogen and oxygen atoms in total. The Morgan fingerprint density at radius 2 is 1.85 bits per heavy atom. The zero-order valence-electron chi connectivity index (χ0n) is 18.8. The van der Waals surface area contributed by atoms with Gasteiger partial charge in [-0.05, 0) is 42.0 Å². The van der Waals surface area contributed by atoms with Crippen LogP contribution in [0.25, 0.3) is 0 Å². The summed E-state index contributed by atoms with van der Waals surface area (Å²) in [5, 5.41) is 0.612. The summed E-state index contributed by atoms with van der Waals surface area (Å²) in [5.74, 6) is 1.64. The molecular formula is C25H29ClN4O3. The van der Waals surface area contributed by atoms with Crippen LogP contribution in [0.4, 0.5) is 0 Å². The first-order valence-corrected chi connectivity index (χ1v) is 11.5. The van der Waals surface area contributed by atoms with Crippen LogP contribution in [0.3, 0.4) is 0 Å². The molecule has 0 N–H and O–H groups in total. The van der Waals surface area contributed by atoms with E-state index in [9.17, 15) is 4.79 Å². The van der Waals surface area contributed by atoms with Gasteiger partial charge in [0.2, 0.25) is 0 Å². The monoisotopic (exact) mass is 468 g/mol. The van der Waals surface area contributed by atoms with Gasteiger partial charge in [-0.1, -0.05) is 23.7 Å². The number of hydrogen-bond acceptors (Lipinski definition) is 5. The normalized spacial score (nSPS) is 14.2. The van der Waals surface area contributed by atoms with Gasteiger partial charge in [0.05, 0.1) is 26.9 Å². The maximum absolute atomic E-state index is 13.4. The first kappa shape index (κ1) is 23.3. The van der Waals surface area contributed by atoms with Gasteiger partial charge in [-0.25, -0.2) is 4.98 Å². The van der Waals surface area contributed by atoms with Gasteiger partial charge >= 0.3 is 0 Å². The number of aromatic nitrogens is 2. The lowest BCUT2D eigenvalue weighted by Gasteiger charge is -2.30. The van der Waals surface area contributed by atoms with Gasteiger partial charge in [-0.3, -0.25) is 9.69 Å². The first-order valence-electron chi connectivity index (χ1n) is 11.1. The van der Waals surface area contributed by atoms with E-state index >= 15 is 0 Å². The van der Waals surface area contributed by atoms with Gasteiger partial charge in [0.25, 0.3) is 5.91 Å². The van der Waals surface area contributed by atoms with Gasteiger partial charge in [0.15, 0.2) is 0 Å². The summed E-state index contributed by atoms with van der Waals surface area (Å²) in [6.07, 6.45) is 3.73. The van der Waals surface area contributed by atoms with Gasteiger partial charge in [0, 0.05) is 55.7 Å². The SMILES string of the molecule is COc1ccc(Cn2ccnc2CN(CCN2CCOCC2)C(=O)c2ccc(Cl)cc2)cc1. The van der Waals surface area contributed by atoms with E-state index in [1.54, 1.807) is 37.6 Å². The van der Waals surface area contributed by atoms with Crippen molar-refractivity contribution >= 4 is 17.5 Å². The van der Waals surface area contributed by atoms with E-state index < -0.39 is 0 Å². The fourth-order valence-electron chi connectivity index (χ4n) is 3.85. The second-order valence-corrected chi connectivity index (χ2v) is 8.44. The lowest BCUT2D eigenvalue weighted by molar-refractivity contribution is 0.0318. The molecule has 2 heterocycles. The number of methoxy groups -OCH3 is 1. The van der Waals surface area contributed by atoms with Crippen molar-refractivity contribution in [2.75, 3.05) is 46.5 Å². The molecule has 0 spiro atoms. The van der Waals surface area contributed by atoms with Crippen molar-refractivity contribution in [1.29, 1.82) is 0 Å². The number of carbonyl (C=O) groups is 1. The van der Waals surface area contributed by atoms with Crippen molar-refractivity contribution < 1.29 is 14.3 Å². The number of amides is 1. The zero-order valence-corrected chi connectivity index (χ0v) is 19.6. The minimum Gasteiger partial charge on any atom is -0.497 e. The number of benzene rings is 2. The Hall–Kier alpha value is -2.87. The maximum Gasteiger partial charge on any atom is 0.254 e. The molecular weight excluding hydrogens is 440 g/mol. The molecule has 0 saturated carbocycles. The molecule has 0 unspecified atom stereocenters. The quantitative estimate of drug-likeness (QED) is 0.480. The van der Waals surface area contributed by atoms with Crippen LogP contribution in [0, 0.1) is 0 Å². The first-order chi connectivity index (χ1) is 16.1. The maximum atomic E-state index is 13.4. The Bertz CT molecular complexity index is 1030. The van der Waals surface area contributed by atoms with Crippen LogP contribution in [0.2, 0.25) is 5.02 Å². The molecule has 0 atom stereocenters. The van der Waals surface area contributed by atoms with E-state index in [0.717, 1.165) is 50.0 Å². The largest absolute Gasteiger partial charge is 0.497 e. The van der Waals surface area contributed by atoms with Crippen molar-refractivity contribution in [2.45, 2.75) is 13.1 Å². The predicted molar refractivity (Wildman–Crippen MR) is 128 cm³/mol. The summed E-state index contributed by atoms with van der Waals surface area (Å²) in [5.41, 5.74) is 1.76. The van der Waals surface area contributed by atoms with Crippen LogP contribution < -0.4 is 4.74 Å². The summed E-state index contributed by atoms with van der Waals surface area (Å²) >= 11 is 6.03. The summed E-state index contributed by atoms with van der Waals surface area (Å²) in [6.45, 7) is 5.73. The van der Waals surface area contributed by atoms with E-state index in [0.29, 0.717) is 30.2 Å². The third-order valence-corrected chi connectivity index (χ3v) is 6.07. The average Bonchev–Trinajstić information content (AvgIpc) is 3.29. The van der Waals surface area contributed by atoms with Crippen LogP contribution in [0.15, 0.2) is 60.9 Å². The summed E-state index contributed by atoms with van der Waals surface area (Å²) in [7, 11) is 1.66. The molecule has 33 heavy (non-hydrogen) atoms. The van der Waals surface area contributed by atoms with Crippen molar-refractivity contribution in [3.05, 3.63) is 82.9 Å². The Morgan fingerprint density at radius 3 is 2.55 bits per heavy atom. The Balaban J connectivity index is 1.49. The molecule has 0 aliphatic carbocycles. The molecule has 1 amide bonds. The number of hydrogen-bond donors (Lipinski definition) is 0. The molecule has 1 aliphatic rings. The summed E-state index contributed by atoms with van der Waals surface area (Å²) in [6, 6.07) is 15.0. The lowest BCUT2D eigenvalue weighted by Crippen LogP contribution is -2.43. The van der Waals surface area contributed by atoms with E-state index in [1.807, 2.05) is 35.4 Å². The fraction of sp³-hybridized carbons (Fsp3) is 0.360. The Morgan fingerprint density at radius 1 is 1.12 bits per heavy atom. The number of imidazole rings is 1. The topological polar surface area (TPSA) is 59.8 Å². The standard InChI is InChI=1S/C25H29ClN4O3/c1-32-23-8-2-20(3-9-23)18-29-11-10-27-24(29)19-30(13-12-28-14-16-33-17-15-28)25(31)21-4-6-22(26)7-5-21/h2-11H,12-19H2,1H3. The van der Waals surface area contributed by atoms with Crippen LogP contribution >= 0.6 is 11.6 Å². The minimum absolute atomic E-state index is 0.0288. The van der Waals surface area contributed by atoms with Crippen molar-refractivity contribution in [1.82, 2.24) is 19.4 Å². The Kier molecular flexibility index (Phi) is 7.99. The molecule has 0 bridgehead atoms. The number of carbonyl (C=O) groups excluding carboxylic acids is 1. The third kappa shape index (κ3) is 6.35. The number of ether oxygens (including phenoxy) is 2. The second-order valence-electron chi connectivity index (χ2n) is 8.01. The van der Waals surface area contributed by atoms with Gasteiger partial charge in [0.1, 0.15) is 11.6 Å². The smallest absolute Gasteiger partial charge is 0.254 e. The summed E-state index contributed by atoms with van der Waals surface area (Å²) in [4.78, 5) is 22.1. The highest BCUT2D eigenvalue weighted by atomic mass is 35.5. The van der Waals surface area contributed by atoms with Crippen molar-refractivity contribution in [2.24, 2.45) is 0 Å². The highest BCUT2D eigenvalue weighted by Gasteiger charge is 2.20. The van der Waals surface area contributed by atoms with E-state index in [2.05, 4.69) is 14.5 Å². The summed E-state index contributed by atoms with van der Waals surface area (Å²) < 4.78 is 12.8. The number of nitrogens with zero attached hydrogens (tertiary/aromatic N) is 4. The number of morpholine rings is 1. The van der Waals surface area contributed by atoms with E-state index in [4.69, 9.17) is 21.1 Å². The molecule has 3 aromatic rings. The Labute approximate surface area is 199 Å². The van der Waals surface area contributed by atoms with Crippen LogP contribution in [-0.2, 0) is 17.8 Å². The van der Waals surface area contributed by atoms with Gasteiger partial charge in [-0.15, -0.1) is 0 Å². The molecule has 4 rings (SSSR count). The van der Waals surface area contributed by atoms with E-state index in [-0.39, 0.29) is 5.91 Å². The van der Waals surface area contributed by atoms with Crippen molar-refractivity contribution in [3.8, 4) is 5.75 Å². The van der Waals surface area contributed by atoms with Gasteiger partial charge < -0.3 is 18.9 Å². The van der Waals surface area contributed by atoms with Crippen LogP contribution in [0.5, 0.6) is 5.75 Å². The highest BCUT2D eigenvalue weighted by Crippen LogP contribution is 2.16. The molecule has 2 aromatic carbocycles.